The molecule has 2 rings (SSSR count). The van der Waals surface area contributed by atoms with E-state index in [2.05, 4.69) is 0 Å². The van der Waals surface area contributed by atoms with Gasteiger partial charge in [-0.1, -0.05) is 0 Å². The van der Waals surface area contributed by atoms with Crippen LogP contribution >= 0.6 is 0 Å². The van der Waals surface area contributed by atoms with E-state index in [-0.39, 0.29) is 18.7 Å². The Morgan fingerprint density at radius 1 is 1.59 bits per heavy atom. The fourth-order valence-corrected chi connectivity index (χ4v) is 2.21. The smallest absolute Gasteiger partial charge is 0.307 e. The van der Waals surface area contributed by atoms with Gasteiger partial charge >= 0.3 is 5.70 Å². The zero-order valence-electron chi connectivity index (χ0n) is 9.21. The summed E-state index contributed by atoms with van der Waals surface area (Å²) in [7, 11) is 0. The Kier molecular flexibility index (Phi) is 2.52. The van der Waals surface area contributed by atoms with E-state index in [0.717, 1.165) is 6.08 Å². The number of hydrogen-bond acceptors (Lipinski definition) is 5. The van der Waals surface area contributed by atoms with Gasteiger partial charge in [-0.05, 0) is 12.5 Å². The lowest BCUT2D eigenvalue weighted by atomic mass is 9.94. The van der Waals surface area contributed by atoms with E-state index in [1.807, 2.05) is 0 Å². The van der Waals surface area contributed by atoms with E-state index >= 15 is 0 Å². The van der Waals surface area contributed by atoms with Crippen LogP contribution in [0.2, 0.25) is 0 Å². The second kappa shape index (κ2) is 3.64. The van der Waals surface area contributed by atoms with Crippen molar-refractivity contribution in [3.63, 3.8) is 0 Å². The molecule has 1 aliphatic carbocycles. The average Bonchev–Trinajstić information content (AvgIpc) is 2.49. The third kappa shape index (κ3) is 1.73. The molecule has 7 nitrogen and oxygen atoms in total. The molecular formula is C10H12N2O5. The van der Waals surface area contributed by atoms with E-state index in [1.54, 1.807) is 6.92 Å². The number of nitrogens with zero attached hydrogens (tertiary/aromatic N) is 2. The minimum absolute atomic E-state index is 0.0908. The van der Waals surface area contributed by atoms with Gasteiger partial charge in [-0.2, -0.15) is 0 Å². The van der Waals surface area contributed by atoms with Crippen molar-refractivity contribution in [3.05, 3.63) is 33.2 Å². The molecule has 0 bridgehead atoms. The first kappa shape index (κ1) is 11.7. The van der Waals surface area contributed by atoms with Crippen molar-refractivity contribution in [3.8, 4) is 0 Å². The predicted molar refractivity (Wildman–Crippen MR) is 55.9 cm³/mol. The Morgan fingerprint density at radius 3 is 2.76 bits per heavy atom. The molecule has 0 saturated carbocycles. The van der Waals surface area contributed by atoms with Gasteiger partial charge in [0.1, 0.15) is 0 Å². The standard InChI is InChI=1S/C10H12N2O5/c1-2-11-7-4-8(12(16)17)10(14,15)5-6(7)3-9(11)13/h4,14-15H,2-3,5H2,1H3. The molecule has 0 aromatic carbocycles. The molecule has 2 N–H and O–H groups in total. The van der Waals surface area contributed by atoms with Gasteiger partial charge in [0.15, 0.2) is 0 Å². The van der Waals surface area contributed by atoms with Crippen LogP contribution in [0.25, 0.3) is 0 Å². The largest absolute Gasteiger partial charge is 0.357 e. The van der Waals surface area contributed by atoms with Crippen LogP contribution in [0.3, 0.4) is 0 Å². The summed E-state index contributed by atoms with van der Waals surface area (Å²) in [5, 5.41) is 29.9. The van der Waals surface area contributed by atoms with Crippen LogP contribution in [0.5, 0.6) is 0 Å². The molecule has 1 amide bonds. The SMILES string of the molecule is CCN1C(=O)CC2=C1C=C([N+](=O)[O-])C(O)(O)C2. The Hall–Kier alpha value is -1.73. The van der Waals surface area contributed by atoms with Crippen molar-refractivity contribution in [2.45, 2.75) is 25.6 Å². The molecule has 2 aliphatic rings. The number of carbonyl (C=O) groups is 1. The van der Waals surface area contributed by atoms with Crippen molar-refractivity contribution in [1.29, 1.82) is 0 Å². The molecule has 0 saturated heterocycles. The molecule has 0 spiro atoms. The van der Waals surface area contributed by atoms with Gasteiger partial charge in [0.25, 0.3) is 5.79 Å². The van der Waals surface area contributed by atoms with Crippen LogP contribution in [-0.2, 0) is 4.79 Å². The third-order valence-electron chi connectivity index (χ3n) is 2.98. The molecule has 0 radical (unpaired) electrons. The number of allylic oxidation sites excluding steroid dienone is 1. The molecule has 0 aromatic rings. The van der Waals surface area contributed by atoms with Crippen molar-refractivity contribution in [2.24, 2.45) is 0 Å². The van der Waals surface area contributed by atoms with Crippen molar-refractivity contribution in [1.82, 2.24) is 4.90 Å². The van der Waals surface area contributed by atoms with Crippen LogP contribution in [0, 0.1) is 10.1 Å². The van der Waals surface area contributed by atoms with Crippen LogP contribution in [-0.4, -0.2) is 38.3 Å². The second-order valence-electron chi connectivity index (χ2n) is 4.08. The van der Waals surface area contributed by atoms with Gasteiger partial charge in [-0.25, -0.2) is 0 Å². The summed E-state index contributed by atoms with van der Waals surface area (Å²) < 4.78 is 0. The van der Waals surface area contributed by atoms with Gasteiger partial charge in [0, 0.05) is 19.0 Å². The van der Waals surface area contributed by atoms with E-state index in [1.165, 1.54) is 4.90 Å². The zero-order chi connectivity index (χ0) is 12.8. The van der Waals surface area contributed by atoms with E-state index in [0.29, 0.717) is 17.8 Å². The molecule has 0 unspecified atom stereocenters. The first-order valence-electron chi connectivity index (χ1n) is 5.20. The maximum atomic E-state index is 11.6. The summed E-state index contributed by atoms with van der Waals surface area (Å²) in [6, 6.07) is 0. The van der Waals surface area contributed by atoms with Crippen LogP contribution < -0.4 is 0 Å². The van der Waals surface area contributed by atoms with Gasteiger partial charge in [-0.15, -0.1) is 0 Å². The topological polar surface area (TPSA) is 104 Å². The van der Waals surface area contributed by atoms with Crippen molar-refractivity contribution < 1.29 is 19.9 Å². The molecule has 1 aliphatic heterocycles. The van der Waals surface area contributed by atoms with Crippen molar-refractivity contribution in [2.75, 3.05) is 6.54 Å². The molecule has 0 atom stereocenters. The Balaban J connectivity index is 2.46. The van der Waals surface area contributed by atoms with Gasteiger partial charge in [-0.3, -0.25) is 14.9 Å². The molecule has 17 heavy (non-hydrogen) atoms. The second-order valence-corrected chi connectivity index (χ2v) is 4.08. The number of nitro groups is 1. The highest BCUT2D eigenvalue weighted by Gasteiger charge is 2.46. The maximum Gasteiger partial charge on any atom is 0.307 e. The first-order chi connectivity index (χ1) is 7.86. The quantitative estimate of drug-likeness (QED) is 0.393. The average molecular weight is 240 g/mol. The number of carbonyl (C=O) groups excluding carboxylic acids is 1. The lowest BCUT2D eigenvalue weighted by Crippen LogP contribution is -2.37. The zero-order valence-corrected chi connectivity index (χ0v) is 9.21. The van der Waals surface area contributed by atoms with E-state index in [4.69, 9.17) is 0 Å². The monoisotopic (exact) mass is 240 g/mol. The fraction of sp³-hybridized carbons (Fsp3) is 0.500. The summed E-state index contributed by atoms with van der Waals surface area (Å²) in [6.07, 6.45) is 0.873. The number of amides is 1. The normalized spacial score (nSPS) is 22.6. The number of hydrogen-bond donors (Lipinski definition) is 2. The van der Waals surface area contributed by atoms with Gasteiger partial charge in [0.2, 0.25) is 5.91 Å². The summed E-state index contributed by atoms with van der Waals surface area (Å²) in [5.74, 6) is -2.67. The summed E-state index contributed by atoms with van der Waals surface area (Å²) in [4.78, 5) is 22.9. The predicted octanol–water partition coefficient (Wildman–Crippen LogP) is -0.262. The molecular weight excluding hydrogens is 228 g/mol. The Morgan fingerprint density at radius 2 is 2.24 bits per heavy atom. The first-order valence-corrected chi connectivity index (χ1v) is 5.20. The van der Waals surface area contributed by atoms with Gasteiger partial charge < -0.3 is 15.1 Å². The minimum atomic E-state index is -2.49. The van der Waals surface area contributed by atoms with E-state index in [9.17, 15) is 25.1 Å². The molecule has 92 valence electrons. The molecule has 0 aromatic heterocycles. The molecule has 7 heteroatoms. The fourth-order valence-electron chi connectivity index (χ4n) is 2.21. The number of rotatable bonds is 2. The maximum absolute atomic E-state index is 11.6. The van der Waals surface area contributed by atoms with Crippen LogP contribution in [0.1, 0.15) is 19.8 Å². The van der Waals surface area contributed by atoms with E-state index < -0.39 is 16.4 Å². The molecule has 1 heterocycles. The Bertz CT molecular complexity index is 463. The van der Waals surface area contributed by atoms with Crippen LogP contribution in [0.15, 0.2) is 23.0 Å². The highest BCUT2D eigenvalue weighted by Crippen LogP contribution is 2.38. The summed E-state index contributed by atoms with van der Waals surface area (Å²) in [5.41, 5.74) is 0.278. The number of likely N-dealkylation sites (N-methyl/N-ethyl adjacent to an activating group) is 1. The molecule has 0 fully saturated rings. The summed E-state index contributed by atoms with van der Waals surface area (Å²) >= 11 is 0. The lowest BCUT2D eigenvalue weighted by molar-refractivity contribution is -0.460. The Labute approximate surface area is 96.8 Å². The minimum Gasteiger partial charge on any atom is -0.357 e. The lowest BCUT2D eigenvalue weighted by Gasteiger charge is -2.25. The summed E-state index contributed by atoms with van der Waals surface area (Å²) in [6.45, 7) is 2.16. The number of aliphatic hydroxyl groups is 2. The van der Waals surface area contributed by atoms with Gasteiger partial charge in [0.05, 0.1) is 17.0 Å². The van der Waals surface area contributed by atoms with Crippen LogP contribution in [0.4, 0.5) is 0 Å². The highest BCUT2D eigenvalue weighted by molar-refractivity contribution is 5.85. The highest BCUT2D eigenvalue weighted by atomic mass is 16.6. The van der Waals surface area contributed by atoms with Crippen molar-refractivity contribution >= 4 is 5.91 Å². The third-order valence-corrected chi connectivity index (χ3v) is 2.98.